The molecule has 0 radical (unpaired) electrons. The highest BCUT2D eigenvalue weighted by Gasteiger charge is 2.18. The molecule has 0 bridgehead atoms. The molecule has 1 fully saturated rings. The van der Waals surface area contributed by atoms with Crippen molar-refractivity contribution in [3.05, 3.63) is 23.8 Å². The maximum Gasteiger partial charge on any atom is 0.231 e. The molecule has 1 amide bonds. The van der Waals surface area contributed by atoms with Gasteiger partial charge in [-0.25, -0.2) is 0 Å². The summed E-state index contributed by atoms with van der Waals surface area (Å²) in [5.41, 5.74) is 1.10. The van der Waals surface area contributed by atoms with Crippen molar-refractivity contribution in [1.82, 2.24) is 9.80 Å². The number of amides is 1. The maximum absolute atomic E-state index is 13.1. The molecule has 6 nitrogen and oxygen atoms in total. The minimum Gasteiger partial charge on any atom is -0.454 e. The van der Waals surface area contributed by atoms with Crippen LogP contribution in [0.2, 0.25) is 0 Å². The fraction of sp³-hybridized carbons (Fsp3) is 0.741. The number of hydrogen-bond acceptors (Lipinski definition) is 5. The molecular formula is C27H44N2O4. The number of nitrogens with zero attached hydrogens (tertiary/aromatic N) is 2. The minimum absolute atomic E-state index is 0.276. The number of hydrogen-bond donors (Lipinski definition) is 0. The normalized spacial score (nSPS) is 15.7. The van der Waals surface area contributed by atoms with E-state index in [0.717, 1.165) is 75.7 Å². The number of unbranched alkanes of at least 4 members (excludes halogenated alkanes) is 8. The Morgan fingerprint density at radius 1 is 0.909 bits per heavy atom. The summed E-state index contributed by atoms with van der Waals surface area (Å²) in [5, 5.41) is 0. The number of benzene rings is 1. The molecule has 33 heavy (non-hydrogen) atoms. The van der Waals surface area contributed by atoms with Crippen LogP contribution < -0.4 is 9.47 Å². The van der Waals surface area contributed by atoms with Crippen LogP contribution >= 0.6 is 0 Å². The molecule has 2 aliphatic rings. The van der Waals surface area contributed by atoms with Crippen molar-refractivity contribution >= 4 is 5.91 Å². The zero-order chi connectivity index (χ0) is 23.1. The van der Waals surface area contributed by atoms with Gasteiger partial charge in [0.05, 0.1) is 13.2 Å². The van der Waals surface area contributed by atoms with Crippen LogP contribution in [-0.4, -0.2) is 61.9 Å². The zero-order valence-corrected chi connectivity index (χ0v) is 20.7. The molecule has 6 heteroatoms. The molecule has 0 N–H and O–H groups in total. The van der Waals surface area contributed by atoms with Gasteiger partial charge in [-0.2, -0.15) is 0 Å². The largest absolute Gasteiger partial charge is 0.454 e. The van der Waals surface area contributed by atoms with Crippen LogP contribution in [-0.2, 0) is 16.1 Å². The van der Waals surface area contributed by atoms with E-state index in [0.29, 0.717) is 13.0 Å². The molecule has 0 atom stereocenters. The lowest BCUT2D eigenvalue weighted by molar-refractivity contribution is -0.132. The summed E-state index contributed by atoms with van der Waals surface area (Å²) in [7, 11) is 0. The van der Waals surface area contributed by atoms with Crippen LogP contribution in [0.3, 0.4) is 0 Å². The summed E-state index contributed by atoms with van der Waals surface area (Å²) in [6.07, 6.45) is 13.1. The fourth-order valence-electron chi connectivity index (χ4n) is 4.61. The summed E-state index contributed by atoms with van der Waals surface area (Å²) in [5.74, 6) is 1.85. The second-order valence-corrected chi connectivity index (χ2v) is 9.39. The third-order valence-corrected chi connectivity index (χ3v) is 6.66. The molecule has 0 aliphatic carbocycles. The van der Waals surface area contributed by atoms with Crippen LogP contribution in [0.15, 0.2) is 18.2 Å². The summed E-state index contributed by atoms with van der Waals surface area (Å²) in [6.45, 7) is 8.61. The molecular weight excluding hydrogens is 416 g/mol. The summed E-state index contributed by atoms with van der Waals surface area (Å²) < 4.78 is 16.4. The Hall–Kier alpha value is -1.79. The van der Waals surface area contributed by atoms with Gasteiger partial charge in [-0.1, -0.05) is 64.4 Å². The zero-order valence-electron chi connectivity index (χ0n) is 20.7. The first kappa shape index (κ1) is 25.8. The van der Waals surface area contributed by atoms with Crippen molar-refractivity contribution in [2.24, 2.45) is 0 Å². The van der Waals surface area contributed by atoms with Crippen LogP contribution in [0, 0.1) is 0 Å². The van der Waals surface area contributed by atoms with Gasteiger partial charge in [-0.3, -0.25) is 9.69 Å². The Bertz CT molecular complexity index is 691. The van der Waals surface area contributed by atoms with Crippen molar-refractivity contribution in [2.75, 3.05) is 46.2 Å². The Morgan fingerprint density at radius 2 is 1.61 bits per heavy atom. The van der Waals surface area contributed by atoms with Crippen LogP contribution in [0.5, 0.6) is 11.5 Å². The molecule has 1 saturated heterocycles. The van der Waals surface area contributed by atoms with Crippen LogP contribution in [0.4, 0.5) is 0 Å². The van der Waals surface area contributed by atoms with Crippen molar-refractivity contribution in [3.63, 3.8) is 0 Å². The van der Waals surface area contributed by atoms with Gasteiger partial charge in [0, 0.05) is 39.1 Å². The van der Waals surface area contributed by atoms with Gasteiger partial charge in [-0.05, 0) is 30.5 Å². The van der Waals surface area contributed by atoms with E-state index in [-0.39, 0.29) is 12.7 Å². The van der Waals surface area contributed by atoms with Gasteiger partial charge in [-0.15, -0.1) is 0 Å². The molecule has 2 heterocycles. The highest BCUT2D eigenvalue weighted by Crippen LogP contribution is 2.32. The maximum atomic E-state index is 13.1. The number of carbonyl (C=O) groups excluding carboxylic acids is 1. The molecule has 0 spiro atoms. The SMILES string of the molecule is CCCCCCCCCCCC(=O)N(CCCN1CCOCC1)Cc1ccc2c(c1)OCO2. The lowest BCUT2D eigenvalue weighted by atomic mass is 10.1. The van der Waals surface area contributed by atoms with Gasteiger partial charge in [0.1, 0.15) is 0 Å². The number of ether oxygens (including phenoxy) is 3. The first-order chi connectivity index (χ1) is 16.3. The highest BCUT2D eigenvalue weighted by molar-refractivity contribution is 5.76. The topological polar surface area (TPSA) is 51.2 Å². The third-order valence-electron chi connectivity index (χ3n) is 6.66. The Kier molecular flexibility index (Phi) is 11.9. The highest BCUT2D eigenvalue weighted by atomic mass is 16.7. The smallest absolute Gasteiger partial charge is 0.231 e. The first-order valence-corrected chi connectivity index (χ1v) is 13.2. The van der Waals surface area contributed by atoms with E-state index in [1.807, 2.05) is 23.1 Å². The summed E-state index contributed by atoms with van der Waals surface area (Å²) in [4.78, 5) is 17.6. The Labute approximate surface area is 200 Å². The van der Waals surface area contributed by atoms with E-state index in [2.05, 4.69) is 11.8 Å². The molecule has 0 saturated carbocycles. The van der Waals surface area contributed by atoms with Gasteiger partial charge in [0.25, 0.3) is 0 Å². The molecule has 0 unspecified atom stereocenters. The predicted molar refractivity (Wildman–Crippen MR) is 132 cm³/mol. The van der Waals surface area contributed by atoms with Crippen molar-refractivity contribution < 1.29 is 19.0 Å². The minimum atomic E-state index is 0.276. The number of rotatable bonds is 16. The second kappa shape index (κ2) is 15.2. The number of carbonyl (C=O) groups is 1. The average Bonchev–Trinajstić information content (AvgIpc) is 3.31. The van der Waals surface area contributed by atoms with Crippen LogP contribution in [0.1, 0.15) is 83.1 Å². The van der Waals surface area contributed by atoms with Crippen molar-refractivity contribution in [1.29, 1.82) is 0 Å². The lowest BCUT2D eigenvalue weighted by Crippen LogP contribution is -2.39. The molecule has 1 aromatic carbocycles. The lowest BCUT2D eigenvalue weighted by Gasteiger charge is -2.28. The van der Waals surface area contributed by atoms with Crippen LogP contribution in [0.25, 0.3) is 0 Å². The van der Waals surface area contributed by atoms with Crippen molar-refractivity contribution in [2.45, 2.75) is 84.1 Å². The summed E-state index contributed by atoms with van der Waals surface area (Å²) in [6, 6.07) is 6.02. The standard InChI is InChI=1S/C27H44N2O4/c1-2-3-4-5-6-7-8-9-10-12-27(30)29(16-11-15-28-17-19-31-20-18-28)22-24-13-14-25-26(21-24)33-23-32-25/h13-14,21H,2-12,15-20,22-23H2,1H3. The predicted octanol–water partition coefficient (Wildman–Crippen LogP) is 5.39. The number of fused-ring (bicyclic) bond motifs is 1. The quantitative estimate of drug-likeness (QED) is 0.310. The molecule has 1 aromatic rings. The van der Waals surface area contributed by atoms with E-state index in [9.17, 15) is 4.79 Å². The monoisotopic (exact) mass is 460 g/mol. The average molecular weight is 461 g/mol. The molecule has 3 rings (SSSR count). The van der Waals surface area contributed by atoms with Gasteiger partial charge < -0.3 is 19.1 Å². The molecule has 2 aliphatic heterocycles. The van der Waals surface area contributed by atoms with Crippen molar-refractivity contribution in [3.8, 4) is 11.5 Å². The van der Waals surface area contributed by atoms with Gasteiger partial charge in [0.15, 0.2) is 11.5 Å². The van der Waals surface area contributed by atoms with Gasteiger partial charge in [0.2, 0.25) is 12.7 Å². The third kappa shape index (κ3) is 9.54. The van der Waals surface area contributed by atoms with E-state index in [4.69, 9.17) is 14.2 Å². The van der Waals surface area contributed by atoms with E-state index >= 15 is 0 Å². The Balaban J connectivity index is 1.42. The Morgan fingerprint density at radius 3 is 2.36 bits per heavy atom. The van der Waals surface area contributed by atoms with E-state index < -0.39 is 0 Å². The number of morpholine rings is 1. The van der Waals surface area contributed by atoms with E-state index in [1.54, 1.807) is 0 Å². The fourth-order valence-corrected chi connectivity index (χ4v) is 4.61. The summed E-state index contributed by atoms with van der Waals surface area (Å²) >= 11 is 0. The first-order valence-electron chi connectivity index (χ1n) is 13.2. The molecule has 0 aromatic heterocycles. The van der Waals surface area contributed by atoms with E-state index in [1.165, 1.54) is 44.9 Å². The second-order valence-electron chi connectivity index (χ2n) is 9.39. The molecule has 186 valence electrons. The van der Waals surface area contributed by atoms with Gasteiger partial charge >= 0.3 is 0 Å².